The van der Waals surface area contributed by atoms with Crippen LogP contribution in [0.5, 0.6) is 5.75 Å². The van der Waals surface area contributed by atoms with Crippen molar-refractivity contribution in [1.29, 1.82) is 0 Å². The Morgan fingerprint density at radius 3 is 3.20 bits per heavy atom. The molecule has 20 heavy (non-hydrogen) atoms. The van der Waals surface area contributed by atoms with Crippen molar-refractivity contribution >= 4 is 0 Å². The van der Waals surface area contributed by atoms with Gasteiger partial charge in [-0.25, -0.2) is 4.98 Å². The molecule has 0 fully saturated rings. The van der Waals surface area contributed by atoms with E-state index in [1.165, 1.54) is 5.56 Å². The van der Waals surface area contributed by atoms with Crippen LogP contribution in [0.15, 0.2) is 36.7 Å². The maximum atomic E-state index is 5.69. The van der Waals surface area contributed by atoms with Gasteiger partial charge in [0.2, 0.25) is 0 Å². The molecule has 2 aromatic rings. The summed E-state index contributed by atoms with van der Waals surface area (Å²) in [6.07, 6.45) is 6.07. The van der Waals surface area contributed by atoms with Gasteiger partial charge in [-0.2, -0.15) is 0 Å². The number of aryl methyl sites for hydroxylation is 1. The molecule has 3 rings (SSSR count). The Morgan fingerprint density at radius 2 is 2.30 bits per heavy atom. The lowest BCUT2D eigenvalue weighted by molar-refractivity contribution is 0.251. The van der Waals surface area contributed by atoms with Crippen molar-refractivity contribution in [2.75, 3.05) is 6.61 Å². The zero-order valence-electron chi connectivity index (χ0n) is 11.9. The molecule has 106 valence electrons. The number of ether oxygens (including phenoxy) is 1. The molecule has 0 amide bonds. The number of nitrogens with zero attached hydrogens (tertiary/aromatic N) is 2. The third kappa shape index (κ3) is 2.70. The minimum Gasteiger partial charge on any atom is -0.493 e. The number of aromatic nitrogens is 2. The summed E-state index contributed by atoms with van der Waals surface area (Å²) < 4.78 is 7.91. The van der Waals surface area contributed by atoms with Crippen molar-refractivity contribution < 1.29 is 4.74 Å². The Hall–Kier alpha value is -1.81. The fourth-order valence-electron chi connectivity index (χ4n) is 2.72. The van der Waals surface area contributed by atoms with Crippen LogP contribution in [0.25, 0.3) is 0 Å². The smallest absolute Gasteiger partial charge is 0.124 e. The Morgan fingerprint density at radius 1 is 1.40 bits per heavy atom. The maximum Gasteiger partial charge on any atom is 0.124 e. The van der Waals surface area contributed by atoms with E-state index in [-0.39, 0.29) is 0 Å². The van der Waals surface area contributed by atoms with E-state index in [2.05, 4.69) is 40.1 Å². The van der Waals surface area contributed by atoms with Gasteiger partial charge >= 0.3 is 0 Å². The maximum absolute atomic E-state index is 5.69. The van der Waals surface area contributed by atoms with Gasteiger partial charge in [-0.05, 0) is 12.5 Å². The summed E-state index contributed by atoms with van der Waals surface area (Å²) in [5.41, 5.74) is 1.26. The predicted molar refractivity (Wildman–Crippen MR) is 78.7 cm³/mol. The molecule has 1 unspecified atom stereocenters. The second-order valence-corrected chi connectivity index (χ2v) is 5.15. The fraction of sp³-hybridized carbons (Fsp3) is 0.438. The topological polar surface area (TPSA) is 39.1 Å². The molecule has 0 aliphatic carbocycles. The Bertz CT molecular complexity index is 564. The van der Waals surface area contributed by atoms with E-state index in [0.717, 1.165) is 44.1 Å². The van der Waals surface area contributed by atoms with Gasteiger partial charge in [0.1, 0.15) is 11.6 Å². The first-order valence-corrected chi connectivity index (χ1v) is 7.33. The molecule has 0 saturated carbocycles. The quantitative estimate of drug-likeness (QED) is 0.909. The molecular formula is C16H21N3O. The van der Waals surface area contributed by atoms with Crippen molar-refractivity contribution in [3.8, 4) is 5.75 Å². The number of nitrogens with one attached hydrogen (secondary N) is 1. The summed E-state index contributed by atoms with van der Waals surface area (Å²) in [6, 6.07) is 8.63. The number of fused-ring (bicyclic) bond motifs is 1. The molecule has 1 aromatic heterocycles. The molecule has 4 heteroatoms. The molecule has 1 aromatic carbocycles. The number of hydrogen-bond acceptors (Lipinski definition) is 3. The van der Waals surface area contributed by atoms with Crippen molar-refractivity contribution in [3.63, 3.8) is 0 Å². The largest absolute Gasteiger partial charge is 0.493 e. The summed E-state index contributed by atoms with van der Waals surface area (Å²) in [6.45, 7) is 4.79. The van der Waals surface area contributed by atoms with E-state index < -0.39 is 0 Å². The van der Waals surface area contributed by atoms with Gasteiger partial charge < -0.3 is 14.6 Å². The first-order chi connectivity index (χ1) is 9.88. The summed E-state index contributed by atoms with van der Waals surface area (Å²) >= 11 is 0. The van der Waals surface area contributed by atoms with E-state index in [1.54, 1.807) is 0 Å². The molecule has 1 atom stereocenters. The second-order valence-electron chi connectivity index (χ2n) is 5.15. The highest BCUT2D eigenvalue weighted by atomic mass is 16.5. The molecule has 1 N–H and O–H groups in total. The van der Waals surface area contributed by atoms with Crippen molar-refractivity contribution in [2.24, 2.45) is 0 Å². The van der Waals surface area contributed by atoms with Crippen LogP contribution in [0.1, 0.15) is 37.2 Å². The number of rotatable bonds is 5. The van der Waals surface area contributed by atoms with Gasteiger partial charge in [0.15, 0.2) is 0 Å². The number of imidazole rings is 1. The summed E-state index contributed by atoms with van der Waals surface area (Å²) in [5.74, 6) is 2.11. The first-order valence-electron chi connectivity index (χ1n) is 7.33. The molecule has 0 spiro atoms. The van der Waals surface area contributed by atoms with Crippen LogP contribution in [0.2, 0.25) is 0 Å². The molecule has 1 aliphatic heterocycles. The fourth-order valence-corrected chi connectivity index (χ4v) is 2.72. The lowest BCUT2D eigenvalue weighted by atomic mass is 10.0. The number of benzene rings is 1. The minimum absolute atomic E-state index is 0.353. The molecular weight excluding hydrogens is 250 g/mol. The number of para-hydroxylation sites is 1. The molecule has 0 radical (unpaired) electrons. The van der Waals surface area contributed by atoms with Gasteiger partial charge in [-0.1, -0.05) is 25.1 Å². The second kappa shape index (κ2) is 6.09. The molecule has 4 nitrogen and oxygen atoms in total. The van der Waals surface area contributed by atoms with Crippen molar-refractivity contribution in [1.82, 2.24) is 14.9 Å². The molecule has 0 saturated heterocycles. The van der Waals surface area contributed by atoms with E-state index in [1.807, 2.05) is 18.3 Å². The van der Waals surface area contributed by atoms with Gasteiger partial charge in [0.25, 0.3) is 0 Å². The third-order valence-corrected chi connectivity index (χ3v) is 3.73. The molecule has 0 bridgehead atoms. The zero-order chi connectivity index (χ0) is 13.8. The van der Waals surface area contributed by atoms with E-state index >= 15 is 0 Å². The summed E-state index contributed by atoms with van der Waals surface area (Å²) in [5, 5.41) is 3.62. The van der Waals surface area contributed by atoms with Crippen LogP contribution >= 0.6 is 0 Å². The van der Waals surface area contributed by atoms with Gasteiger partial charge in [-0.15, -0.1) is 0 Å². The predicted octanol–water partition coefficient (Wildman–Crippen LogP) is 2.91. The van der Waals surface area contributed by atoms with Crippen molar-refractivity contribution in [2.45, 2.75) is 38.9 Å². The van der Waals surface area contributed by atoms with Crippen LogP contribution in [0.4, 0.5) is 0 Å². The lowest BCUT2D eigenvalue weighted by Crippen LogP contribution is -2.27. The van der Waals surface area contributed by atoms with Gasteiger partial charge in [0, 0.05) is 37.0 Å². The zero-order valence-corrected chi connectivity index (χ0v) is 11.9. The third-order valence-electron chi connectivity index (χ3n) is 3.73. The Kier molecular flexibility index (Phi) is 4.02. The van der Waals surface area contributed by atoms with E-state index in [9.17, 15) is 0 Å². The minimum atomic E-state index is 0.353. The molecule has 2 heterocycles. The van der Waals surface area contributed by atoms with Crippen LogP contribution in [-0.2, 0) is 13.1 Å². The Labute approximate surface area is 119 Å². The highest BCUT2D eigenvalue weighted by Gasteiger charge is 2.20. The summed E-state index contributed by atoms with van der Waals surface area (Å²) in [4.78, 5) is 4.44. The van der Waals surface area contributed by atoms with Crippen LogP contribution < -0.4 is 10.1 Å². The lowest BCUT2D eigenvalue weighted by Gasteiger charge is -2.26. The van der Waals surface area contributed by atoms with Gasteiger partial charge in [-0.3, -0.25) is 0 Å². The average molecular weight is 271 g/mol. The number of hydrogen-bond donors (Lipinski definition) is 1. The highest BCUT2D eigenvalue weighted by Crippen LogP contribution is 2.31. The Balaban J connectivity index is 1.69. The standard InChI is InChI=1S/C16H21N3O/c1-2-9-19-10-8-17-16(19)12-18-14-7-11-20-15-6-4-3-5-13(14)15/h3-6,8,10,14,18H,2,7,9,11-12H2,1H3. The highest BCUT2D eigenvalue weighted by molar-refractivity contribution is 5.37. The molecule has 1 aliphatic rings. The van der Waals surface area contributed by atoms with Crippen LogP contribution in [0.3, 0.4) is 0 Å². The monoisotopic (exact) mass is 271 g/mol. The average Bonchev–Trinajstić information content (AvgIpc) is 2.93. The SMILES string of the molecule is CCCn1ccnc1CNC1CCOc2ccccc21. The summed E-state index contributed by atoms with van der Waals surface area (Å²) in [7, 11) is 0. The first kappa shape index (κ1) is 13.2. The van der Waals surface area contributed by atoms with Crippen LogP contribution in [-0.4, -0.2) is 16.2 Å². The van der Waals surface area contributed by atoms with E-state index in [0.29, 0.717) is 6.04 Å². The van der Waals surface area contributed by atoms with Gasteiger partial charge in [0.05, 0.1) is 13.2 Å². The normalized spacial score (nSPS) is 17.6. The van der Waals surface area contributed by atoms with E-state index in [4.69, 9.17) is 4.74 Å². The van der Waals surface area contributed by atoms with Crippen LogP contribution in [0, 0.1) is 0 Å². The van der Waals surface area contributed by atoms with Crippen molar-refractivity contribution in [3.05, 3.63) is 48.0 Å².